The Labute approximate surface area is 232 Å². The second-order valence-electron chi connectivity index (χ2n) is 11.9. The second-order valence-corrected chi connectivity index (χ2v) is 13.8. The highest BCUT2D eigenvalue weighted by molar-refractivity contribution is 7.99. The fourth-order valence-electron chi connectivity index (χ4n) is 5.86. The fraction of sp³-hybridized carbons (Fsp3) is 0.667. The van der Waals surface area contributed by atoms with Crippen molar-refractivity contribution in [2.45, 2.75) is 96.0 Å². The number of thioether (sulfide) groups is 1. The minimum absolute atomic E-state index is 0.0773. The number of fused-ring (bicyclic) bond motifs is 1. The molecule has 1 N–H and O–H groups in total. The van der Waals surface area contributed by atoms with Crippen molar-refractivity contribution < 1.29 is 14.3 Å². The Balaban J connectivity index is 1.39. The zero-order chi connectivity index (χ0) is 26.4. The summed E-state index contributed by atoms with van der Waals surface area (Å²) in [7, 11) is 0. The van der Waals surface area contributed by atoms with E-state index in [4.69, 9.17) is 16.3 Å². The van der Waals surface area contributed by atoms with Crippen LogP contribution in [0.5, 0.6) is 0 Å². The number of halogens is 1. The summed E-state index contributed by atoms with van der Waals surface area (Å²) in [6.45, 7) is 7.52. The molecule has 0 bridgehead atoms. The molecule has 3 fully saturated rings. The van der Waals surface area contributed by atoms with Crippen molar-refractivity contribution in [1.82, 2.24) is 10.2 Å². The molecule has 2 saturated carbocycles. The van der Waals surface area contributed by atoms with Crippen LogP contribution in [0.25, 0.3) is 6.08 Å². The first-order valence-electron chi connectivity index (χ1n) is 14.0. The number of hydrogen-bond donors (Lipinski definition) is 1. The highest BCUT2D eigenvalue weighted by Crippen LogP contribution is 2.43. The van der Waals surface area contributed by atoms with E-state index in [1.807, 2.05) is 12.1 Å². The van der Waals surface area contributed by atoms with E-state index in [1.165, 1.54) is 32.1 Å². The molecule has 1 aliphatic heterocycles. The summed E-state index contributed by atoms with van der Waals surface area (Å²) >= 11 is 8.09. The number of amides is 2. The molecule has 4 rings (SSSR count). The summed E-state index contributed by atoms with van der Waals surface area (Å²) in [6, 6.07) is 7.26. The van der Waals surface area contributed by atoms with Crippen LogP contribution in [-0.2, 0) is 14.3 Å². The number of ether oxygens (including phenoxy) is 1. The number of carbonyl (C=O) groups is 2. The molecule has 0 spiro atoms. The molecule has 0 aromatic heterocycles. The van der Waals surface area contributed by atoms with Gasteiger partial charge in [-0.15, -0.1) is 0 Å². The maximum absolute atomic E-state index is 13.6. The van der Waals surface area contributed by atoms with Gasteiger partial charge in [0.2, 0.25) is 5.91 Å². The quantitative estimate of drug-likeness (QED) is 0.291. The third-order valence-corrected chi connectivity index (χ3v) is 9.88. The Morgan fingerprint density at radius 3 is 2.57 bits per heavy atom. The molecule has 2 aliphatic carbocycles. The number of carbonyl (C=O) groups excluding carboxylic acids is 2. The van der Waals surface area contributed by atoms with Gasteiger partial charge in [-0.3, -0.25) is 9.59 Å². The van der Waals surface area contributed by atoms with Gasteiger partial charge < -0.3 is 15.0 Å². The topological polar surface area (TPSA) is 58.6 Å². The lowest BCUT2D eigenvalue weighted by molar-refractivity contribution is -0.154. The van der Waals surface area contributed by atoms with E-state index >= 15 is 0 Å². The number of rotatable bonds is 8. The number of hydrogen-bond acceptors (Lipinski definition) is 4. The molecule has 1 aromatic carbocycles. The van der Waals surface area contributed by atoms with Gasteiger partial charge >= 0.3 is 0 Å². The van der Waals surface area contributed by atoms with Crippen LogP contribution in [-0.4, -0.2) is 53.0 Å². The maximum Gasteiger partial charge on any atom is 0.289 e. The van der Waals surface area contributed by atoms with E-state index in [0.29, 0.717) is 23.2 Å². The number of benzene rings is 1. The molecule has 3 unspecified atom stereocenters. The van der Waals surface area contributed by atoms with Gasteiger partial charge in [-0.25, -0.2) is 0 Å². The monoisotopic (exact) mass is 546 g/mol. The van der Waals surface area contributed by atoms with Gasteiger partial charge in [0, 0.05) is 16.8 Å². The van der Waals surface area contributed by atoms with Crippen LogP contribution in [0.3, 0.4) is 0 Å². The van der Waals surface area contributed by atoms with Gasteiger partial charge in [0.05, 0.1) is 6.04 Å². The van der Waals surface area contributed by atoms with Gasteiger partial charge in [0.1, 0.15) is 12.6 Å². The van der Waals surface area contributed by atoms with E-state index in [9.17, 15) is 9.59 Å². The molecular weight excluding hydrogens is 504 g/mol. The number of nitrogens with one attached hydrogen (secondary N) is 1. The summed E-state index contributed by atoms with van der Waals surface area (Å²) in [5.74, 6) is 1.59. The lowest BCUT2D eigenvalue weighted by Crippen LogP contribution is -2.58. The first-order valence-corrected chi connectivity index (χ1v) is 15.5. The first kappa shape index (κ1) is 28.4. The third kappa shape index (κ3) is 7.92. The Morgan fingerprint density at radius 2 is 1.86 bits per heavy atom. The van der Waals surface area contributed by atoms with Crippen molar-refractivity contribution in [3.8, 4) is 0 Å². The zero-order valence-electron chi connectivity index (χ0n) is 22.6. The molecule has 3 aliphatic rings. The molecule has 7 heteroatoms. The van der Waals surface area contributed by atoms with Crippen LogP contribution in [0.2, 0.25) is 5.02 Å². The van der Waals surface area contributed by atoms with Crippen molar-refractivity contribution in [2.24, 2.45) is 11.3 Å². The molecule has 5 nitrogen and oxygen atoms in total. The Morgan fingerprint density at radius 1 is 1.14 bits per heavy atom. The average molecular weight is 547 g/mol. The zero-order valence-corrected chi connectivity index (χ0v) is 24.2. The van der Waals surface area contributed by atoms with Crippen molar-refractivity contribution >= 4 is 41.3 Å². The molecule has 204 valence electrons. The van der Waals surface area contributed by atoms with Gasteiger partial charge in [0.15, 0.2) is 5.76 Å². The van der Waals surface area contributed by atoms with E-state index < -0.39 is 0 Å². The molecule has 1 heterocycles. The molecule has 1 aromatic rings. The summed E-state index contributed by atoms with van der Waals surface area (Å²) in [6.07, 6.45) is 12.2. The highest BCUT2D eigenvalue weighted by atomic mass is 35.5. The summed E-state index contributed by atoms with van der Waals surface area (Å²) in [5.41, 5.74) is 1.01. The van der Waals surface area contributed by atoms with Crippen LogP contribution in [0, 0.1) is 11.3 Å². The van der Waals surface area contributed by atoms with E-state index in [-0.39, 0.29) is 35.9 Å². The van der Waals surface area contributed by atoms with Gasteiger partial charge in [-0.2, -0.15) is 11.8 Å². The number of morpholine rings is 1. The van der Waals surface area contributed by atoms with Gasteiger partial charge in [-0.05, 0) is 79.4 Å². The fourth-order valence-corrected chi connectivity index (χ4v) is 7.30. The highest BCUT2D eigenvalue weighted by Gasteiger charge is 2.46. The van der Waals surface area contributed by atoms with Crippen LogP contribution >= 0.6 is 23.4 Å². The minimum Gasteiger partial charge on any atom is -0.482 e. The van der Waals surface area contributed by atoms with Crippen LogP contribution in [0.4, 0.5) is 0 Å². The Hall–Kier alpha value is -1.66. The largest absolute Gasteiger partial charge is 0.482 e. The summed E-state index contributed by atoms with van der Waals surface area (Å²) in [5, 5.41) is 4.51. The van der Waals surface area contributed by atoms with Crippen LogP contribution < -0.4 is 5.32 Å². The van der Waals surface area contributed by atoms with Gasteiger partial charge in [-0.1, -0.05) is 63.8 Å². The van der Waals surface area contributed by atoms with Crippen LogP contribution in [0.15, 0.2) is 30.0 Å². The molecule has 0 radical (unpaired) electrons. The number of nitrogens with zero attached hydrogens (tertiary/aromatic N) is 1. The van der Waals surface area contributed by atoms with Gasteiger partial charge in [0.25, 0.3) is 5.91 Å². The normalized spacial score (nSPS) is 26.1. The lowest BCUT2D eigenvalue weighted by Gasteiger charge is -2.48. The second kappa shape index (κ2) is 12.9. The average Bonchev–Trinajstić information content (AvgIpc) is 2.87. The van der Waals surface area contributed by atoms with E-state index in [0.717, 1.165) is 42.2 Å². The Kier molecular flexibility index (Phi) is 9.90. The molecule has 1 saturated heterocycles. The standard InChI is InChI=1S/C30H43ClN2O3S/c1-30(2,3)22-12-15-26-25(19-22)33(29(35)27(36-26)18-21-10-13-23(31)14-11-21)20-28(34)32-16-7-17-37-24-8-5-4-6-9-24/h10-11,13-14,18,22,24-26H,4-9,12,15-17,19-20H2,1-3H3,(H,32,34)/b27-18+. The SMILES string of the molecule is CC(C)(C)C1CCC2O/C(=C/c3ccc(Cl)cc3)C(=O)N(CC(=O)NCCCSC3CCCCC3)C2C1. The van der Waals surface area contributed by atoms with Crippen molar-refractivity contribution in [3.63, 3.8) is 0 Å². The van der Waals surface area contributed by atoms with Crippen molar-refractivity contribution in [3.05, 3.63) is 40.6 Å². The summed E-state index contributed by atoms with van der Waals surface area (Å²) < 4.78 is 6.28. The lowest BCUT2D eigenvalue weighted by atomic mass is 9.69. The van der Waals surface area contributed by atoms with E-state index in [1.54, 1.807) is 23.1 Å². The molecular formula is C30H43ClN2O3S. The minimum atomic E-state index is -0.200. The molecule has 3 atom stereocenters. The predicted molar refractivity (Wildman–Crippen MR) is 154 cm³/mol. The smallest absolute Gasteiger partial charge is 0.289 e. The Bertz CT molecular complexity index is 953. The van der Waals surface area contributed by atoms with Crippen LogP contribution in [0.1, 0.15) is 84.1 Å². The van der Waals surface area contributed by atoms with E-state index in [2.05, 4.69) is 37.8 Å². The maximum atomic E-state index is 13.6. The third-order valence-electron chi connectivity index (χ3n) is 8.16. The predicted octanol–water partition coefficient (Wildman–Crippen LogP) is 6.70. The van der Waals surface area contributed by atoms with Crippen molar-refractivity contribution in [2.75, 3.05) is 18.8 Å². The molecule has 37 heavy (non-hydrogen) atoms. The first-order chi connectivity index (χ1) is 17.7. The molecule has 2 amide bonds. The summed E-state index contributed by atoms with van der Waals surface area (Å²) in [4.78, 5) is 28.4. The van der Waals surface area contributed by atoms with Crippen molar-refractivity contribution in [1.29, 1.82) is 0 Å².